The van der Waals surface area contributed by atoms with Crippen molar-refractivity contribution in [3.05, 3.63) is 82.9 Å². The number of aromatic hydroxyl groups is 1. The molecule has 1 amide bonds. The van der Waals surface area contributed by atoms with Gasteiger partial charge in [-0.05, 0) is 47.9 Å². The van der Waals surface area contributed by atoms with Crippen LogP contribution in [0.5, 0.6) is 17.2 Å². The van der Waals surface area contributed by atoms with Crippen molar-refractivity contribution in [1.29, 1.82) is 0 Å². The number of anilines is 1. The molecule has 1 aliphatic heterocycles. The fourth-order valence-electron chi connectivity index (χ4n) is 3.85. The van der Waals surface area contributed by atoms with E-state index in [1.165, 1.54) is 35.5 Å². The van der Waals surface area contributed by atoms with Gasteiger partial charge in [-0.3, -0.25) is 9.69 Å². The molecule has 0 radical (unpaired) electrons. The largest absolute Gasteiger partial charge is 0.506 e. The van der Waals surface area contributed by atoms with Crippen LogP contribution in [0.3, 0.4) is 0 Å². The van der Waals surface area contributed by atoms with Crippen LogP contribution in [-0.2, 0) is 13.0 Å². The number of benzene rings is 3. The SMILES string of the molecule is COc1cc(OCCN2CCc3ccccc3C2)ccc1C=NNC(=O)c1ccc(O)c(N)c1. The zero-order valence-electron chi connectivity index (χ0n) is 19.0. The van der Waals surface area contributed by atoms with Crippen LogP contribution in [0.4, 0.5) is 5.69 Å². The molecule has 4 rings (SSSR count). The van der Waals surface area contributed by atoms with E-state index in [1.807, 2.05) is 12.1 Å². The van der Waals surface area contributed by atoms with Gasteiger partial charge in [-0.15, -0.1) is 0 Å². The van der Waals surface area contributed by atoms with Gasteiger partial charge in [0.05, 0.1) is 19.0 Å². The Kier molecular flexibility index (Phi) is 7.29. The molecular weight excluding hydrogens is 432 g/mol. The quantitative estimate of drug-likeness (QED) is 0.206. The predicted octanol–water partition coefficient (Wildman–Crippen LogP) is 3.18. The maximum Gasteiger partial charge on any atom is 0.271 e. The van der Waals surface area contributed by atoms with Gasteiger partial charge >= 0.3 is 0 Å². The molecule has 3 aromatic carbocycles. The summed E-state index contributed by atoms with van der Waals surface area (Å²) in [6.45, 7) is 3.39. The highest BCUT2D eigenvalue weighted by molar-refractivity contribution is 5.96. The van der Waals surface area contributed by atoms with E-state index < -0.39 is 5.91 Å². The number of fused-ring (bicyclic) bond motifs is 1. The van der Waals surface area contributed by atoms with Crippen LogP contribution >= 0.6 is 0 Å². The number of phenolic OH excluding ortho intramolecular Hbond substituents is 1. The predicted molar refractivity (Wildman–Crippen MR) is 131 cm³/mol. The Balaban J connectivity index is 1.30. The van der Waals surface area contributed by atoms with Gasteiger partial charge in [0, 0.05) is 36.8 Å². The molecule has 8 nitrogen and oxygen atoms in total. The molecule has 0 fully saturated rings. The van der Waals surface area contributed by atoms with E-state index in [2.05, 4.69) is 39.7 Å². The molecule has 0 bridgehead atoms. The first kappa shape index (κ1) is 23.1. The number of nitrogens with one attached hydrogen (secondary N) is 1. The minimum Gasteiger partial charge on any atom is -0.506 e. The highest BCUT2D eigenvalue weighted by Gasteiger charge is 2.15. The summed E-state index contributed by atoms with van der Waals surface area (Å²) < 4.78 is 11.4. The Morgan fingerprint density at radius 1 is 1.18 bits per heavy atom. The molecular formula is C26H28N4O4. The van der Waals surface area contributed by atoms with Crippen LogP contribution in [0.2, 0.25) is 0 Å². The molecule has 0 spiro atoms. The summed E-state index contributed by atoms with van der Waals surface area (Å²) in [7, 11) is 1.57. The van der Waals surface area contributed by atoms with Gasteiger partial charge in [-0.1, -0.05) is 24.3 Å². The highest BCUT2D eigenvalue weighted by atomic mass is 16.5. The average molecular weight is 461 g/mol. The van der Waals surface area contributed by atoms with Gasteiger partial charge < -0.3 is 20.3 Å². The van der Waals surface area contributed by atoms with Crippen LogP contribution in [0.25, 0.3) is 0 Å². The molecule has 1 aliphatic rings. The van der Waals surface area contributed by atoms with Crippen molar-refractivity contribution in [3.8, 4) is 17.2 Å². The second kappa shape index (κ2) is 10.7. The molecule has 176 valence electrons. The Morgan fingerprint density at radius 2 is 2.00 bits per heavy atom. The third kappa shape index (κ3) is 5.65. The number of rotatable bonds is 8. The molecule has 4 N–H and O–H groups in total. The lowest BCUT2D eigenvalue weighted by Crippen LogP contribution is -2.33. The summed E-state index contributed by atoms with van der Waals surface area (Å²) >= 11 is 0. The van der Waals surface area contributed by atoms with E-state index in [4.69, 9.17) is 15.2 Å². The number of ether oxygens (including phenoxy) is 2. The summed E-state index contributed by atoms with van der Waals surface area (Å²) in [5, 5.41) is 13.5. The van der Waals surface area contributed by atoms with Crippen LogP contribution in [0.15, 0.2) is 65.8 Å². The fraction of sp³-hybridized carbons (Fsp3) is 0.231. The third-order valence-corrected chi connectivity index (χ3v) is 5.75. The lowest BCUT2D eigenvalue weighted by molar-refractivity contribution is 0.0955. The van der Waals surface area contributed by atoms with E-state index in [0.29, 0.717) is 29.2 Å². The number of hydrogen-bond acceptors (Lipinski definition) is 7. The number of nitrogen functional groups attached to an aromatic ring is 1. The monoisotopic (exact) mass is 460 g/mol. The number of hydrazone groups is 1. The molecule has 0 saturated carbocycles. The summed E-state index contributed by atoms with van der Waals surface area (Å²) in [5.41, 5.74) is 12.0. The zero-order valence-corrected chi connectivity index (χ0v) is 19.0. The number of phenols is 1. The van der Waals surface area contributed by atoms with Crippen LogP contribution in [-0.4, -0.2) is 48.9 Å². The van der Waals surface area contributed by atoms with E-state index in [0.717, 1.165) is 26.1 Å². The first-order chi connectivity index (χ1) is 16.5. The second-order valence-electron chi connectivity index (χ2n) is 8.02. The molecule has 0 atom stereocenters. The smallest absolute Gasteiger partial charge is 0.271 e. The number of hydrogen-bond donors (Lipinski definition) is 3. The van der Waals surface area contributed by atoms with E-state index >= 15 is 0 Å². The standard InChI is InChI=1S/C26H28N4O4/c1-33-25-15-22(34-13-12-30-11-10-18-4-2-3-5-21(18)17-30)8-6-20(25)16-28-29-26(32)19-7-9-24(31)23(27)14-19/h2-9,14-16,31H,10-13,17,27H2,1H3,(H,29,32). The van der Waals surface area contributed by atoms with E-state index in [-0.39, 0.29) is 11.4 Å². The minimum atomic E-state index is -0.442. The summed E-state index contributed by atoms with van der Waals surface area (Å²) in [4.78, 5) is 14.6. The van der Waals surface area contributed by atoms with Gasteiger partial charge in [0.2, 0.25) is 0 Å². The average Bonchev–Trinajstić information content (AvgIpc) is 2.86. The number of amides is 1. The van der Waals surface area contributed by atoms with Crippen LogP contribution < -0.4 is 20.6 Å². The number of nitrogens with zero attached hydrogens (tertiary/aromatic N) is 2. The number of carbonyl (C=O) groups is 1. The molecule has 0 saturated heterocycles. The van der Waals surface area contributed by atoms with E-state index in [1.54, 1.807) is 13.2 Å². The van der Waals surface area contributed by atoms with Crippen molar-refractivity contribution in [2.24, 2.45) is 5.10 Å². The van der Waals surface area contributed by atoms with Gasteiger partial charge in [0.1, 0.15) is 23.9 Å². The Labute approximate surface area is 198 Å². The highest BCUT2D eigenvalue weighted by Crippen LogP contribution is 2.24. The lowest BCUT2D eigenvalue weighted by atomic mass is 10.0. The van der Waals surface area contributed by atoms with Crippen molar-refractivity contribution in [2.75, 3.05) is 32.5 Å². The Morgan fingerprint density at radius 3 is 2.79 bits per heavy atom. The van der Waals surface area contributed by atoms with Gasteiger partial charge in [0.25, 0.3) is 5.91 Å². The minimum absolute atomic E-state index is 0.0756. The summed E-state index contributed by atoms with van der Waals surface area (Å²) in [6.07, 6.45) is 2.56. The lowest BCUT2D eigenvalue weighted by Gasteiger charge is -2.28. The van der Waals surface area contributed by atoms with Gasteiger partial charge in [0.15, 0.2) is 0 Å². The first-order valence-electron chi connectivity index (χ1n) is 11.1. The fourth-order valence-corrected chi connectivity index (χ4v) is 3.85. The maximum absolute atomic E-state index is 12.2. The zero-order chi connectivity index (χ0) is 23.9. The molecule has 0 unspecified atom stereocenters. The Hall–Kier alpha value is -4.04. The molecule has 1 heterocycles. The van der Waals surface area contributed by atoms with Crippen LogP contribution in [0, 0.1) is 0 Å². The van der Waals surface area contributed by atoms with Crippen molar-refractivity contribution in [3.63, 3.8) is 0 Å². The number of carbonyl (C=O) groups excluding carboxylic acids is 1. The number of nitrogens with two attached hydrogens (primary N) is 1. The summed E-state index contributed by atoms with van der Waals surface area (Å²) in [5.74, 6) is 0.766. The Bertz CT molecular complexity index is 1200. The third-order valence-electron chi connectivity index (χ3n) is 5.75. The second-order valence-corrected chi connectivity index (χ2v) is 8.02. The molecule has 0 aliphatic carbocycles. The first-order valence-corrected chi connectivity index (χ1v) is 11.1. The van der Waals surface area contributed by atoms with Crippen molar-refractivity contribution in [2.45, 2.75) is 13.0 Å². The van der Waals surface area contributed by atoms with Crippen molar-refractivity contribution in [1.82, 2.24) is 10.3 Å². The summed E-state index contributed by atoms with van der Waals surface area (Å²) in [6, 6.07) is 18.3. The molecule has 0 aromatic heterocycles. The maximum atomic E-state index is 12.2. The van der Waals surface area contributed by atoms with E-state index in [9.17, 15) is 9.90 Å². The van der Waals surface area contributed by atoms with Gasteiger partial charge in [-0.25, -0.2) is 5.43 Å². The van der Waals surface area contributed by atoms with Crippen molar-refractivity contribution < 1.29 is 19.4 Å². The molecule has 8 heteroatoms. The topological polar surface area (TPSA) is 109 Å². The van der Waals surface area contributed by atoms with Crippen LogP contribution in [0.1, 0.15) is 27.0 Å². The van der Waals surface area contributed by atoms with Crippen molar-refractivity contribution >= 4 is 17.8 Å². The normalized spacial score (nSPS) is 13.4. The number of methoxy groups -OCH3 is 1. The molecule has 34 heavy (non-hydrogen) atoms. The van der Waals surface area contributed by atoms with Gasteiger partial charge in [-0.2, -0.15) is 5.10 Å². The molecule has 3 aromatic rings.